The molecule has 3 N–H and O–H groups in total. The van der Waals surface area contributed by atoms with Crippen molar-refractivity contribution >= 4 is 39.5 Å². The summed E-state index contributed by atoms with van der Waals surface area (Å²) in [6.07, 6.45) is 58.3. The van der Waals surface area contributed by atoms with Gasteiger partial charge in [0.2, 0.25) is 0 Å². The van der Waals surface area contributed by atoms with Gasteiger partial charge >= 0.3 is 39.5 Å². The molecular weight excluding hydrogens is 1270 g/mol. The van der Waals surface area contributed by atoms with E-state index in [2.05, 4.69) is 41.5 Å². The maximum Gasteiger partial charge on any atom is 0.472 e. The molecule has 0 rings (SSSR count). The second kappa shape index (κ2) is 69.8. The molecule has 19 heteroatoms. The van der Waals surface area contributed by atoms with Crippen LogP contribution in [0.2, 0.25) is 0 Å². The quantitative estimate of drug-likeness (QED) is 0.0222. The minimum absolute atomic E-state index is 0.106. The lowest BCUT2D eigenvalue weighted by atomic mass is 10.0. The summed E-state index contributed by atoms with van der Waals surface area (Å²) >= 11 is 0. The number of unbranched alkanes of at least 4 members (excludes halogenated alkanes) is 47. The first kappa shape index (κ1) is 95.1. The average Bonchev–Trinajstić information content (AvgIpc) is 1.34. The highest BCUT2D eigenvalue weighted by atomic mass is 31.2. The molecule has 2 unspecified atom stereocenters. The Hall–Kier alpha value is -1.94. The second-order valence-electron chi connectivity index (χ2n) is 29.1. The monoisotopic (exact) mass is 1420 g/mol. The Kier molecular flexibility index (Phi) is 68.4. The van der Waals surface area contributed by atoms with Gasteiger partial charge in [-0.2, -0.15) is 0 Å². The lowest BCUT2D eigenvalue weighted by molar-refractivity contribution is -0.161. The Morgan fingerprint density at radius 1 is 0.278 bits per heavy atom. The van der Waals surface area contributed by atoms with Crippen molar-refractivity contribution < 1.29 is 80.2 Å². The van der Waals surface area contributed by atoms with Crippen LogP contribution in [0.25, 0.3) is 0 Å². The maximum absolute atomic E-state index is 13.1. The smallest absolute Gasteiger partial charge is 0.462 e. The van der Waals surface area contributed by atoms with E-state index in [9.17, 15) is 43.2 Å². The summed E-state index contributed by atoms with van der Waals surface area (Å²) in [5, 5.41) is 10.6. The molecule has 0 radical (unpaired) electrons. The minimum Gasteiger partial charge on any atom is -0.462 e. The molecule has 0 saturated carbocycles. The number of aliphatic hydroxyl groups is 1. The SMILES string of the molecule is CCCCCCCCCCCCCCCCCCCCC(=O)O[C@H](COC(=O)CCCCCCCCCCCCCCCCC(C)C)COP(=O)(O)OC[C@@H](O)COP(=O)(O)OC[C@@H](COC(=O)CCCCCCCCCC)OC(=O)CCCCCCCCCCCCCC(C)C. The Labute approximate surface area is 594 Å². The van der Waals surface area contributed by atoms with Crippen LogP contribution in [0.1, 0.15) is 408 Å². The Balaban J connectivity index is 5.21. The summed E-state index contributed by atoms with van der Waals surface area (Å²) in [7, 11) is -9.91. The van der Waals surface area contributed by atoms with Crippen LogP contribution in [0, 0.1) is 11.8 Å². The topological polar surface area (TPSA) is 237 Å². The molecule has 0 aliphatic rings. The number of phosphoric ester groups is 2. The van der Waals surface area contributed by atoms with Crippen LogP contribution in [0.3, 0.4) is 0 Å². The van der Waals surface area contributed by atoms with Gasteiger partial charge in [0.15, 0.2) is 12.2 Å². The van der Waals surface area contributed by atoms with Gasteiger partial charge in [0.25, 0.3) is 0 Å². The standard InChI is InChI=1S/C78H152O17P2/c1-7-9-11-13-15-17-18-19-20-21-22-23-28-33-38-44-50-56-62-77(82)95-74(67-89-76(81)61-55-49-43-37-32-27-25-24-26-30-35-40-46-52-58-70(3)4)69-93-97(86,87)91-65-72(79)64-90-96(84,85)92-68-73(66-88-75(80)60-54-48-42-16-14-12-10-8-2)94-78(83)63-57-51-45-39-34-29-31-36-41-47-53-59-71(5)6/h70-74,79H,7-69H2,1-6H3,(H,84,85)(H,86,87)/t72-,73+,74+/m0/s1. The number of aliphatic hydroxyl groups excluding tert-OH is 1. The first-order valence-electron chi connectivity index (χ1n) is 40.5. The molecule has 0 aromatic heterocycles. The van der Waals surface area contributed by atoms with Crippen molar-refractivity contribution in [1.82, 2.24) is 0 Å². The fraction of sp³-hybridized carbons (Fsp3) is 0.949. The highest BCUT2D eigenvalue weighted by Crippen LogP contribution is 2.45. The fourth-order valence-corrected chi connectivity index (χ4v) is 13.6. The lowest BCUT2D eigenvalue weighted by Crippen LogP contribution is -2.30. The molecule has 5 atom stereocenters. The predicted molar refractivity (Wildman–Crippen MR) is 395 cm³/mol. The predicted octanol–water partition coefficient (Wildman–Crippen LogP) is 23.1. The number of carbonyl (C=O) groups excluding carboxylic acids is 4. The number of hydrogen-bond acceptors (Lipinski definition) is 15. The number of phosphoric acid groups is 2. The summed E-state index contributed by atoms with van der Waals surface area (Å²) in [5.74, 6) is -0.550. The van der Waals surface area contributed by atoms with E-state index in [0.717, 1.165) is 108 Å². The van der Waals surface area contributed by atoms with Gasteiger partial charge in [-0.3, -0.25) is 37.3 Å². The van der Waals surface area contributed by atoms with Gasteiger partial charge < -0.3 is 33.8 Å². The zero-order valence-corrected chi connectivity index (χ0v) is 65.2. The highest BCUT2D eigenvalue weighted by Gasteiger charge is 2.30. The van der Waals surface area contributed by atoms with E-state index in [1.807, 2.05) is 0 Å². The van der Waals surface area contributed by atoms with Crippen molar-refractivity contribution in [1.29, 1.82) is 0 Å². The van der Waals surface area contributed by atoms with Crippen molar-refractivity contribution in [3.8, 4) is 0 Å². The van der Waals surface area contributed by atoms with E-state index < -0.39 is 97.5 Å². The third-order valence-electron chi connectivity index (χ3n) is 18.2. The molecule has 0 spiro atoms. The Morgan fingerprint density at radius 3 is 0.701 bits per heavy atom. The number of carbonyl (C=O) groups is 4. The zero-order chi connectivity index (χ0) is 71.4. The van der Waals surface area contributed by atoms with E-state index in [1.54, 1.807) is 0 Å². The lowest BCUT2D eigenvalue weighted by Gasteiger charge is -2.21. The number of hydrogen-bond donors (Lipinski definition) is 3. The molecule has 17 nitrogen and oxygen atoms in total. The molecule has 0 aliphatic heterocycles. The van der Waals surface area contributed by atoms with Gasteiger partial charge in [0, 0.05) is 25.7 Å². The van der Waals surface area contributed by atoms with Crippen molar-refractivity contribution in [3.63, 3.8) is 0 Å². The third-order valence-corrected chi connectivity index (χ3v) is 20.1. The van der Waals surface area contributed by atoms with Crippen LogP contribution in [0.5, 0.6) is 0 Å². The van der Waals surface area contributed by atoms with Crippen LogP contribution < -0.4 is 0 Å². The van der Waals surface area contributed by atoms with Crippen LogP contribution in [-0.4, -0.2) is 96.7 Å². The molecular formula is C78H152O17P2. The molecule has 0 amide bonds. The Bertz CT molecular complexity index is 1870. The van der Waals surface area contributed by atoms with Gasteiger partial charge in [-0.25, -0.2) is 9.13 Å². The van der Waals surface area contributed by atoms with Gasteiger partial charge in [-0.1, -0.05) is 356 Å². The van der Waals surface area contributed by atoms with Gasteiger partial charge in [0.1, 0.15) is 19.3 Å². The van der Waals surface area contributed by atoms with E-state index in [4.69, 9.17) is 37.0 Å². The number of esters is 4. The van der Waals surface area contributed by atoms with Crippen molar-refractivity contribution in [2.75, 3.05) is 39.6 Å². The van der Waals surface area contributed by atoms with Crippen molar-refractivity contribution in [3.05, 3.63) is 0 Å². The Morgan fingerprint density at radius 2 is 0.474 bits per heavy atom. The summed E-state index contributed by atoms with van der Waals surface area (Å²) in [5.41, 5.74) is 0. The van der Waals surface area contributed by atoms with Crippen LogP contribution in [-0.2, 0) is 65.4 Å². The number of ether oxygens (including phenoxy) is 4. The molecule has 97 heavy (non-hydrogen) atoms. The molecule has 0 saturated heterocycles. The van der Waals surface area contributed by atoms with Gasteiger partial charge in [-0.05, 0) is 37.5 Å². The summed E-state index contributed by atoms with van der Waals surface area (Å²) in [6, 6.07) is 0. The second-order valence-corrected chi connectivity index (χ2v) is 32.0. The largest absolute Gasteiger partial charge is 0.472 e. The molecule has 0 bridgehead atoms. The van der Waals surface area contributed by atoms with Crippen LogP contribution >= 0.6 is 15.6 Å². The third kappa shape index (κ3) is 72.2. The van der Waals surface area contributed by atoms with Crippen LogP contribution in [0.15, 0.2) is 0 Å². The number of rotatable bonds is 77. The highest BCUT2D eigenvalue weighted by molar-refractivity contribution is 7.47. The van der Waals surface area contributed by atoms with E-state index >= 15 is 0 Å². The van der Waals surface area contributed by atoms with E-state index in [1.165, 1.54) is 218 Å². The first-order valence-corrected chi connectivity index (χ1v) is 43.5. The van der Waals surface area contributed by atoms with Crippen molar-refractivity contribution in [2.24, 2.45) is 11.8 Å². The maximum atomic E-state index is 13.1. The average molecular weight is 1420 g/mol. The molecule has 0 heterocycles. The molecule has 0 aliphatic carbocycles. The normalized spacial score (nSPS) is 14.0. The molecule has 0 aromatic rings. The molecule has 0 aromatic carbocycles. The summed E-state index contributed by atoms with van der Waals surface area (Å²) in [4.78, 5) is 72.8. The fourth-order valence-electron chi connectivity index (χ4n) is 12.0. The van der Waals surface area contributed by atoms with Gasteiger partial charge in [0.05, 0.1) is 26.4 Å². The van der Waals surface area contributed by atoms with Crippen LogP contribution in [0.4, 0.5) is 0 Å². The van der Waals surface area contributed by atoms with Gasteiger partial charge in [-0.15, -0.1) is 0 Å². The summed E-state index contributed by atoms with van der Waals surface area (Å²) in [6.45, 7) is 9.61. The molecule has 576 valence electrons. The van der Waals surface area contributed by atoms with E-state index in [0.29, 0.717) is 25.7 Å². The van der Waals surface area contributed by atoms with E-state index in [-0.39, 0.29) is 25.7 Å². The van der Waals surface area contributed by atoms with Crippen molar-refractivity contribution in [2.45, 2.75) is 426 Å². The zero-order valence-electron chi connectivity index (χ0n) is 63.4. The summed E-state index contributed by atoms with van der Waals surface area (Å²) < 4.78 is 68.5. The first-order chi connectivity index (χ1) is 46.9. The minimum atomic E-state index is -4.96. The molecule has 0 fully saturated rings.